The first-order chi connectivity index (χ1) is 9.27. The molecule has 2 nitrogen and oxygen atoms in total. The zero-order valence-electron chi connectivity index (χ0n) is 10.5. The molecule has 2 heteroatoms. The number of carbonyl (C=O) groups is 2. The summed E-state index contributed by atoms with van der Waals surface area (Å²) in [6.07, 6.45) is 21.2. The fourth-order valence-electron chi connectivity index (χ4n) is 1.80. The van der Waals surface area contributed by atoms with Gasteiger partial charge in [-0.1, -0.05) is 54.7 Å². The van der Waals surface area contributed by atoms with Crippen LogP contribution in [-0.2, 0) is 9.59 Å². The van der Waals surface area contributed by atoms with Gasteiger partial charge in [0.2, 0.25) is 0 Å². The fourth-order valence-corrected chi connectivity index (χ4v) is 1.80. The van der Waals surface area contributed by atoms with Gasteiger partial charge in [0.15, 0.2) is 11.6 Å². The summed E-state index contributed by atoms with van der Waals surface area (Å²) >= 11 is 0. The highest BCUT2D eigenvalue weighted by atomic mass is 16.1. The van der Waals surface area contributed by atoms with Gasteiger partial charge in [0, 0.05) is 5.57 Å². The van der Waals surface area contributed by atoms with Crippen molar-refractivity contribution in [3.8, 4) is 0 Å². The molecule has 0 N–H and O–H groups in total. The summed E-state index contributed by atoms with van der Waals surface area (Å²) < 4.78 is 0. The number of allylic oxidation sites excluding steroid dienone is 14. The monoisotopic (exact) mass is 250 g/mol. The third kappa shape index (κ3) is 3.75. The molecule has 0 fully saturated rings. The van der Waals surface area contributed by atoms with Crippen molar-refractivity contribution in [1.82, 2.24) is 0 Å². The molecule has 0 amide bonds. The van der Waals surface area contributed by atoms with Crippen LogP contribution in [0, 0.1) is 0 Å². The van der Waals surface area contributed by atoms with Gasteiger partial charge in [0.25, 0.3) is 0 Å². The lowest BCUT2D eigenvalue weighted by molar-refractivity contribution is -0.111. The number of carbonyl (C=O) groups excluding carboxylic acids is 2. The minimum absolute atomic E-state index is 0.0479. The topological polar surface area (TPSA) is 34.1 Å². The van der Waals surface area contributed by atoms with Crippen LogP contribution in [-0.4, -0.2) is 11.6 Å². The molecule has 0 radical (unpaired) electrons. The van der Waals surface area contributed by atoms with E-state index in [0.29, 0.717) is 5.57 Å². The third-order valence-corrected chi connectivity index (χ3v) is 2.75. The largest absolute Gasteiger partial charge is 0.290 e. The Labute approximate surface area is 112 Å². The van der Waals surface area contributed by atoms with Crippen LogP contribution in [0.2, 0.25) is 0 Å². The second-order valence-electron chi connectivity index (χ2n) is 4.13. The van der Waals surface area contributed by atoms with Crippen LogP contribution in [0.15, 0.2) is 84.1 Å². The molecule has 2 rings (SSSR count). The Morgan fingerprint density at radius 2 is 1.47 bits per heavy atom. The van der Waals surface area contributed by atoms with Gasteiger partial charge in [-0.15, -0.1) is 0 Å². The van der Waals surface area contributed by atoms with Crippen molar-refractivity contribution >= 4 is 11.6 Å². The molecular formula is C17H14O2. The van der Waals surface area contributed by atoms with E-state index in [4.69, 9.17) is 0 Å². The summed E-state index contributed by atoms with van der Waals surface area (Å²) in [5.74, 6) is -0.153. The number of ketones is 2. The van der Waals surface area contributed by atoms with E-state index in [-0.39, 0.29) is 11.6 Å². The molecule has 0 unspecified atom stereocenters. The van der Waals surface area contributed by atoms with Crippen LogP contribution in [0.5, 0.6) is 0 Å². The first-order valence-electron chi connectivity index (χ1n) is 6.11. The van der Waals surface area contributed by atoms with Gasteiger partial charge in [0.1, 0.15) is 0 Å². The van der Waals surface area contributed by atoms with Crippen molar-refractivity contribution in [1.29, 1.82) is 0 Å². The summed E-state index contributed by atoms with van der Waals surface area (Å²) in [7, 11) is 0. The lowest BCUT2D eigenvalue weighted by Crippen LogP contribution is -2.03. The molecule has 0 aromatic rings. The summed E-state index contributed by atoms with van der Waals surface area (Å²) in [4.78, 5) is 23.4. The third-order valence-electron chi connectivity index (χ3n) is 2.75. The van der Waals surface area contributed by atoms with Gasteiger partial charge in [-0.05, 0) is 30.2 Å². The molecule has 0 atom stereocenters. The Kier molecular flexibility index (Phi) is 4.40. The molecule has 0 aliphatic heterocycles. The van der Waals surface area contributed by atoms with E-state index in [1.165, 1.54) is 18.2 Å². The van der Waals surface area contributed by atoms with E-state index in [1.54, 1.807) is 24.3 Å². The second-order valence-corrected chi connectivity index (χ2v) is 4.13. The molecule has 0 aromatic heterocycles. The average Bonchev–Trinajstić information content (AvgIpc) is 2.44. The van der Waals surface area contributed by atoms with E-state index < -0.39 is 0 Å². The lowest BCUT2D eigenvalue weighted by atomic mass is 9.94. The highest BCUT2D eigenvalue weighted by Gasteiger charge is 2.11. The Morgan fingerprint density at radius 1 is 0.737 bits per heavy atom. The van der Waals surface area contributed by atoms with Crippen LogP contribution in [0.4, 0.5) is 0 Å². The summed E-state index contributed by atoms with van der Waals surface area (Å²) in [5.41, 5.74) is 1.68. The molecule has 0 heterocycles. The van der Waals surface area contributed by atoms with Crippen LogP contribution < -0.4 is 0 Å². The normalized spacial score (nSPS) is 28.6. The van der Waals surface area contributed by atoms with E-state index in [2.05, 4.69) is 0 Å². The molecular weight excluding hydrogens is 236 g/mol. The lowest BCUT2D eigenvalue weighted by Gasteiger charge is -2.09. The fraction of sp³-hybridized carbons (Fsp3) is 0.0588. The van der Waals surface area contributed by atoms with E-state index >= 15 is 0 Å². The molecule has 0 aromatic carbocycles. The highest BCUT2D eigenvalue weighted by molar-refractivity contribution is 6.08. The standard InChI is InChI=1S/C17H14O2/c18-15-10-3-1-2-8-14-9-4-6-12-16(14)17(19)13-7-5-11-15/h1-8,10-13H,9H2/b2-1-,10-3-,11-5-,13-7-,14-8-. The van der Waals surface area contributed by atoms with Gasteiger partial charge in [-0.25, -0.2) is 0 Å². The minimum Gasteiger partial charge on any atom is -0.290 e. The van der Waals surface area contributed by atoms with Crippen LogP contribution in [0.25, 0.3) is 0 Å². The maximum atomic E-state index is 12.0. The number of hydrogen-bond donors (Lipinski definition) is 0. The van der Waals surface area contributed by atoms with Crippen molar-refractivity contribution < 1.29 is 9.59 Å². The van der Waals surface area contributed by atoms with Crippen LogP contribution >= 0.6 is 0 Å². The quantitative estimate of drug-likeness (QED) is 0.661. The van der Waals surface area contributed by atoms with Crippen molar-refractivity contribution in [2.24, 2.45) is 0 Å². The van der Waals surface area contributed by atoms with Crippen molar-refractivity contribution in [3.63, 3.8) is 0 Å². The van der Waals surface area contributed by atoms with Gasteiger partial charge in [-0.2, -0.15) is 0 Å². The van der Waals surface area contributed by atoms with Gasteiger partial charge in [0.05, 0.1) is 0 Å². The van der Waals surface area contributed by atoms with E-state index in [0.717, 1.165) is 12.0 Å². The zero-order chi connectivity index (χ0) is 13.5. The molecule has 0 saturated heterocycles. The average molecular weight is 250 g/mol. The Balaban J connectivity index is 2.37. The molecule has 19 heavy (non-hydrogen) atoms. The SMILES string of the molecule is O=C1\C=C/C=C\C=C2\CC=CC=C2C(=O)/C=C\C=C/1. The van der Waals surface area contributed by atoms with Crippen LogP contribution in [0.1, 0.15) is 6.42 Å². The number of fused-ring (bicyclic) bond motifs is 1. The van der Waals surface area contributed by atoms with Gasteiger partial charge >= 0.3 is 0 Å². The minimum atomic E-state index is -0.105. The predicted octanol–water partition coefficient (Wildman–Crippen LogP) is 3.18. The van der Waals surface area contributed by atoms with Crippen molar-refractivity contribution in [2.75, 3.05) is 0 Å². The summed E-state index contributed by atoms with van der Waals surface area (Å²) in [6, 6.07) is 0. The Morgan fingerprint density at radius 3 is 2.32 bits per heavy atom. The first-order valence-corrected chi connectivity index (χ1v) is 6.11. The Hall–Kier alpha value is -2.48. The van der Waals surface area contributed by atoms with Gasteiger partial charge < -0.3 is 0 Å². The molecule has 94 valence electrons. The first kappa shape index (κ1) is 13.0. The maximum absolute atomic E-state index is 12.0. The molecule has 0 saturated carbocycles. The summed E-state index contributed by atoms with van der Waals surface area (Å²) in [5, 5.41) is 0. The van der Waals surface area contributed by atoms with Crippen LogP contribution in [0.3, 0.4) is 0 Å². The zero-order valence-corrected chi connectivity index (χ0v) is 10.5. The molecule has 0 spiro atoms. The second kappa shape index (κ2) is 6.45. The Bertz CT molecular complexity index is 591. The molecule has 0 bridgehead atoms. The molecule has 2 aliphatic carbocycles. The smallest absolute Gasteiger partial charge is 0.186 e. The van der Waals surface area contributed by atoms with E-state index in [9.17, 15) is 9.59 Å². The molecule has 2 aliphatic rings. The van der Waals surface area contributed by atoms with E-state index in [1.807, 2.05) is 30.4 Å². The number of hydrogen-bond acceptors (Lipinski definition) is 2. The van der Waals surface area contributed by atoms with Gasteiger partial charge in [-0.3, -0.25) is 9.59 Å². The summed E-state index contributed by atoms with van der Waals surface area (Å²) in [6.45, 7) is 0. The maximum Gasteiger partial charge on any atom is 0.186 e. The van der Waals surface area contributed by atoms with Crippen molar-refractivity contribution in [3.05, 3.63) is 84.1 Å². The van der Waals surface area contributed by atoms with Crippen molar-refractivity contribution in [2.45, 2.75) is 6.42 Å². The highest BCUT2D eigenvalue weighted by Crippen LogP contribution is 2.21. The number of rotatable bonds is 0. The predicted molar refractivity (Wildman–Crippen MR) is 76.5 cm³/mol.